The number of hydrogen-bond donors (Lipinski definition) is 2. The van der Waals surface area contributed by atoms with E-state index in [0.717, 1.165) is 11.8 Å². The van der Waals surface area contributed by atoms with E-state index in [4.69, 9.17) is 5.84 Å². The van der Waals surface area contributed by atoms with Crippen LogP contribution in [-0.2, 0) is 0 Å². The van der Waals surface area contributed by atoms with Gasteiger partial charge in [0.2, 0.25) is 0 Å². The molecule has 0 bridgehead atoms. The van der Waals surface area contributed by atoms with Gasteiger partial charge < -0.3 is 0 Å². The van der Waals surface area contributed by atoms with Gasteiger partial charge in [-0.2, -0.15) is 0 Å². The predicted molar refractivity (Wildman–Crippen MR) is 60.1 cm³/mol. The zero-order chi connectivity index (χ0) is 12.3. The molecule has 0 aromatic carbocycles. The number of nitrogens with one attached hydrogen (secondary N) is 1. The Morgan fingerprint density at radius 3 is 2.59 bits per heavy atom. The molecular weight excluding hydrogens is 221 g/mol. The van der Waals surface area contributed by atoms with E-state index in [9.17, 15) is 4.39 Å². The minimum absolute atomic E-state index is 0.367. The van der Waals surface area contributed by atoms with Gasteiger partial charge in [-0.15, -0.1) is 0 Å². The third kappa shape index (κ3) is 2.43. The second-order valence-electron chi connectivity index (χ2n) is 3.62. The lowest BCUT2D eigenvalue weighted by Gasteiger charge is -2.15. The van der Waals surface area contributed by atoms with Crippen molar-refractivity contribution in [3.05, 3.63) is 53.6 Å². The lowest BCUT2D eigenvalue weighted by Crippen LogP contribution is -2.31. The number of aromatic nitrogens is 3. The molecule has 2 heterocycles. The van der Waals surface area contributed by atoms with Crippen molar-refractivity contribution in [3.63, 3.8) is 0 Å². The molecule has 0 aliphatic carbocycles. The Kier molecular flexibility index (Phi) is 3.36. The first kappa shape index (κ1) is 11.6. The highest BCUT2D eigenvalue weighted by Gasteiger charge is 2.18. The molecule has 3 N–H and O–H groups in total. The van der Waals surface area contributed by atoms with Crippen LogP contribution in [0.25, 0.3) is 0 Å². The highest BCUT2D eigenvalue weighted by Crippen LogP contribution is 2.19. The molecule has 0 fully saturated rings. The van der Waals surface area contributed by atoms with Gasteiger partial charge in [0, 0.05) is 24.2 Å². The second-order valence-corrected chi connectivity index (χ2v) is 3.62. The normalized spacial score (nSPS) is 12.4. The first-order valence-electron chi connectivity index (χ1n) is 5.06. The predicted octanol–water partition coefficient (Wildman–Crippen LogP) is 0.872. The van der Waals surface area contributed by atoms with E-state index in [-0.39, 0.29) is 0 Å². The number of rotatable bonds is 3. The van der Waals surface area contributed by atoms with Crippen LogP contribution in [0.3, 0.4) is 0 Å². The number of pyridine rings is 1. The zero-order valence-corrected chi connectivity index (χ0v) is 9.26. The van der Waals surface area contributed by atoms with Gasteiger partial charge in [-0.1, -0.05) is 0 Å². The van der Waals surface area contributed by atoms with E-state index < -0.39 is 11.9 Å². The van der Waals surface area contributed by atoms with E-state index in [1.54, 1.807) is 18.5 Å². The molecule has 6 heteroatoms. The summed E-state index contributed by atoms with van der Waals surface area (Å²) in [5.41, 5.74) is 3.80. The standard InChI is InChI=1S/C11H12FN5/c1-7-4-15-11(16-5-7)10(17-13)8-2-3-14-6-9(8)12/h2-6,10,17H,13H2,1H3. The number of halogens is 1. The maximum atomic E-state index is 13.6. The minimum Gasteiger partial charge on any atom is -0.270 e. The molecule has 0 saturated heterocycles. The monoisotopic (exact) mass is 233 g/mol. The van der Waals surface area contributed by atoms with E-state index in [1.807, 2.05) is 6.92 Å². The van der Waals surface area contributed by atoms with Crippen LogP contribution in [0.5, 0.6) is 0 Å². The van der Waals surface area contributed by atoms with E-state index >= 15 is 0 Å². The lowest BCUT2D eigenvalue weighted by molar-refractivity contribution is 0.539. The van der Waals surface area contributed by atoms with Crippen LogP contribution in [0.2, 0.25) is 0 Å². The maximum absolute atomic E-state index is 13.6. The molecule has 0 saturated carbocycles. The van der Waals surface area contributed by atoms with Crippen molar-refractivity contribution >= 4 is 0 Å². The van der Waals surface area contributed by atoms with Gasteiger partial charge in [-0.05, 0) is 18.6 Å². The number of aryl methyl sites for hydroxylation is 1. The van der Waals surface area contributed by atoms with E-state index in [1.165, 1.54) is 6.20 Å². The summed E-state index contributed by atoms with van der Waals surface area (Å²) in [6, 6.07) is 0.960. The summed E-state index contributed by atoms with van der Waals surface area (Å²) >= 11 is 0. The van der Waals surface area contributed by atoms with E-state index in [0.29, 0.717) is 11.4 Å². The van der Waals surface area contributed by atoms with Gasteiger partial charge in [0.25, 0.3) is 0 Å². The third-order valence-corrected chi connectivity index (χ3v) is 2.34. The van der Waals surface area contributed by atoms with Gasteiger partial charge in [-0.3, -0.25) is 10.8 Å². The minimum atomic E-state index is -0.585. The third-order valence-electron chi connectivity index (χ3n) is 2.34. The van der Waals surface area contributed by atoms with Gasteiger partial charge in [-0.25, -0.2) is 19.8 Å². The van der Waals surface area contributed by atoms with Crippen molar-refractivity contribution in [2.75, 3.05) is 0 Å². The summed E-state index contributed by atoms with van der Waals surface area (Å²) in [6.07, 6.45) is 5.95. The number of nitrogens with two attached hydrogens (primary N) is 1. The van der Waals surface area contributed by atoms with Gasteiger partial charge in [0.1, 0.15) is 11.9 Å². The number of hydrazine groups is 1. The SMILES string of the molecule is Cc1cnc(C(NN)c2ccncc2F)nc1. The van der Waals surface area contributed by atoms with Gasteiger partial charge in [0.05, 0.1) is 6.20 Å². The van der Waals surface area contributed by atoms with Crippen LogP contribution in [0.4, 0.5) is 4.39 Å². The van der Waals surface area contributed by atoms with E-state index in [2.05, 4.69) is 20.4 Å². The fourth-order valence-electron chi connectivity index (χ4n) is 1.48. The Bertz CT molecular complexity index is 499. The average Bonchev–Trinajstić information content (AvgIpc) is 2.35. The number of hydrogen-bond acceptors (Lipinski definition) is 5. The summed E-state index contributed by atoms with van der Waals surface area (Å²) in [5.74, 6) is 5.40. The van der Waals surface area contributed by atoms with Crippen LogP contribution in [0.1, 0.15) is 23.0 Å². The van der Waals surface area contributed by atoms with Crippen molar-refractivity contribution in [1.82, 2.24) is 20.4 Å². The summed E-state index contributed by atoms with van der Waals surface area (Å²) in [6.45, 7) is 1.88. The topological polar surface area (TPSA) is 76.7 Å². The average molecular weight is 233 g/mol. The molecule has 5 nitrogen and oxygen atoms in total. The summed E-state index contributed by atoms with van der Waals surface area (Å²) in [5, 5.41) is 0. The van der Waals surface area contributed by atoms with Crippen LogP contribution < -0.4 is 11.3 Å². The Morgan fingerprint density at radius 2 is 2.00 bits per heavy atom. The van der Waals surface area contributed by atoms with Crippen molar-refractivity contribution in [2.45, 2.75) is 13.0 Å². The van der Waals surface area contributed by atoms with Crippen LogP contribution in [-0.4, -0.2) is 15.0 Å². The molecule has 2 aromatic heterocycles. The van der Waals surface area contributed by atoms with Gasteiger partial charge in [0.15, 0.2) is 5.82 Å². The molecule has 0 spiro atoms. The molecule has 1 atom stereocenters. The molecule has 0 aliphatic heterocycles. The molecule has 88 valence electrons. The first-order valence-corrected chi connectivity index (χ1v) is 5.06. The van der Waals surface area contributed by atoms with Crippen LogP contribution >= 0.6 is 0 Å². The maximum Gasteiger partial charge on any atom is 0.151 e. The lowest BCUT2D eigenvalue weighted by atomic mass is 10.1. The molecular formula is C11H12FN5. The van der Waals surface area contributed by atoms with Crippen LogP contribution in [0.15, 0.2) is 30.9 Å². The smallest absolute Gasteiger partial charge is 0.151 e. The van der Waals surface area contributed by atoms with Crippen LogP contribution in [0, 0.1) is 12.7 Å². The second kappa shape index (κ2) is 4.94. The Balaban J connectivity index is 2.40. The van der Waals surface area contributed by atoms with Crippen molar-refractivity contribution in [3.8, 4) is 0 Å². The molecule has 2 rings (SSSR count). The number of nitrogens with zero attached hydrogens (tertiary/aromatic N) is 3. The molecule has 0 amide bonds. The van der Waals surface area contributed by atoms with Crippen molar-refractivity contribution in [2.24, 2.45) is 5.84 Å². The Labute approximate surface area is 97.9 Å². The molecule has 2 aromatic rings. The Hall–Kier alpha value is -1.92. The van der Waals surface area contributed by atoms with Crippen molar-refractivity contribution < 1.29 is 4.39 Å². The fraction of sp³-hybridized carbons (Fsp3) is 0.182. The summed E-state index contributed by atoms with van der Waals surface area (Å²) in [4.78, 5) is 11.9. The summed E-state index contributed by atoms with van der Waals surface area (Å²) < 4.78 is 13.6. The molecule has 0 aliphatic rings. The quantitative estimate of drug-likeness (QED) is 0.607. The zero-order valence-electron chi connectivity index (χ0n) is 9.26. The largest absolute Gasteiger partial charge is 0.270 e. The molecule has 0 radical (unpaired) electrons. The molecule has 1 unspecified atom stereocenters. The first-order chi connectivity index (χ1) is 8.22. The molecule has 17 heavy (non-hydrogen) atoms. The van der Waals surface area contributed by atoms with Crippen molar-refractivity contribution in [1.29, 1.82) is 0 Å². The summed E-state index contributed by atoms with van der Waals surface area (Å²) in [7, 11) is 0. The highest BCUT2D eigenvalue weighted by atomic mass is 19.1. The fourth-order valence-corrected chi connectivity index (χ4v) is 1.48. The highest BCUT2D eigenvalue weighted by molar-refractivity contribution is 5.23. The Morgan fingerprint density at radius 1 is 1.29 bits per heavy atom. The van der Waals surface area contributed by atoms with Gasteiger partial charge >= 0.3 is 0 Å².